The monoisotopic (exact) mass is 218 g/mol. The minimum Gasteiger partial charge on any atom is -0.508 e. The molecule has 1 atom stereocenters. The predicted molar refractivity (Wildman–Crippen MR) is 70.0 cm³/mol. The van der Waals surface area contributed by atoms with Crippen molar-refractivity contribution < 1.29 is 5.11 Å². The molecule has 16 heavy (non-hydrogen) atoms. The lowest BCUT2D eigenvalue weighted by Crippen LogP contribution is -2.02. The lowest BCUT2D eigenvalue weighted by Gasteiger charge is -2.19. The average molecular weight is 218 g/mol. The molecule has 0 spiro atoms. The molecule has 0 saturated heterocycles. The number of hydrogen-bond acceptors (Lipinski definition) is 1. The van der Waals surface area contributed by atoms with Crippen molar-refractivity contribution in [2.75, 3.05) is 0 Å². The van der Waals surface area contributed by atoms with Crippen LogP contribution in [-0.2, 0) is 0 Å². The molecular weight excluding hydrogens is 196 g/mol. The Morgan fingerprint density at radius 3 is 2.25 bits per heavy atom. The van der Waals surface area contributed by atoms with Crippen LogP contribution in [0, 0.1) is 13.8 Å². The maximum absolute atomic E-state index is 9.53. The van der Waals surface area contributed by atoms with Gasteiger partial charge in [0.05, 0.1) is 0 Å². The smallest absolute Gasteiger partial charge is 0.116 e. The molecule has 0 aliphatic carbocycles. The largest absolute Gasteiger partial charge is 0.508 e. The van der Waals surface area contributed by atoms with Gasteiger partial charge in [-0.05, 0) is 68.4 Å². The molecule has 1 aromatic rings. The van der Waals surface area contributed by atoms with E-state index >= 15 is 0 Å². The third-order valence-electron chi connectivity index (χ3n) is 3.14. The first-order chi connectivity index (χ1) is 7.60. The fraction of sp³-hybridized carbons (Fsp3) is 0.467. The molecule has 0 radical (unpaired) electrons. The summed E-state index contributed by atoms with van der Waals surface area (Å²) >= 11 is 0. The third-order valence-corrected chi connectivity index (χ3v) is 3.14. The molecule has 0 heterocycles. The summed E-state index contributed by atoms with van der Waals surface area (Å²) < 4.78 is 0. The molecule has 0 aromatic heterocycles. The first kappa shape index (κ1) is 12.8. The lowest BCUT2D eigenvalue weighted by atomic mass is 9.86. The van der Waals surface area contributed by atoms with Crippen molar-refractivity contribution in [1.82, 2.24) is 0 Å². The van der Waals surface area contributed by atoms with E-state index in [9.17, 15) is 5.11 Å². The molecule has 0 saturated carbocycles. The average Bonchev–Trinajstić information content (AvgIpc) is 2.21. The summed E-state index contributed by atoms with van der Waals surface area (Å²) in [5, 5.41) is 9.53. The predicted octanol–water partition coefficient (Wildman–Crippen LogP) is 4.47. The number of phenolic OH excluding ortho intramolecular Hbond substituents is 1. The van der Waals surface area contributed by atoms with Crippen LogP contribution >= 0.6 is 0 Å². The number of aromatic hydroxyl groups is 1. The standard InChI is InChI=1S/C15H22O/c1-5-7-8-13(6-2)15-11(3)9-14(16)10-12(15)4/h5,7,9-10,13,16H,6,8H2,1-4H3/b7-5-. The van der Waals surface area contributed by atoms with Crippen LogP contribution in [0.1, 0.15) is 49.3 Å². The van der Waals surface area contributed by atoms with Crippen molar-refractivity contribution in [1.29, 1.82) is 0 Å². The number of hydrogen-bond donors (Lipinski definition) is 1. The summed E-state index contributed by atoms with van der Waals surface area (Å²) in [5.74, 6) is 0.941. The Balaban J connectivity index is 3.09. The van der Waals surface area contributed by atoms with Gasteiger partial charge in [0.2, 0.25) is 0 Å². The van der Waals surface area contributed by atoms with Gasteiger partial charge in [0.25, 0.3) is 0 Å². The fourth-order valence-corrected chi connectivity index (χ4v) is 2.38. The van der Waals surface area contributed by atoms with E-state index in [1.807, 2.05) is 12.1 Å². The summed E-state index contributed by atoms with van der Waals surface area (Å²) in [6, 6.07) is 3.72. The molecule has 88 valence electrons. The molecule has 0 amide bonds. The normalized spacial score (nSPS) is 13.2. The van der Waals surface area contributed by atoms with Crippen LogP contribution in [0.15, 0.2) is 24.3 Å². The first-order valence-corrected chi connectivity index (χ1v) is 6.01. The molecule has 1 N–H and O–H groups in total. The van der Waals surface area contributed by atoms with Crippen LogP contribution in [0.3, 0.4) is 0 Å². The number of benzene rings is 1. The van der Waals surface area contributed by atoms with Gasteiger partial charge in [0, 0.05) is 0 Å². The highest BCUT2D eigenvalue weighted by molar-refractivity contribution is 5.42. The molecule has 1 rings (SSSR count). The van der Waals surface area contributed by atoms with E-state index in [-0.39, 0.29) is 0 Å². The van der Waals surface area contributed by atoms with Crippen LogP contribution in [0.4, 0.5) is 0 Å². The number of allylic oxidation sites excluding steroid dienone is 2. The van der Waals surface area contributed by atoms with Gasteiger partial charge in [-0.3, -0.25) is 0 Å². The summed E-state index contributed by atoms with van der Waals surface area (Å²) in [6.07, 6.45) is 6.55. The van der Waals surface area contributed by atoms with Gasteiger partial charge in [0.15, 0.2) is 0 Å². The zero-order valence-corrected chi connectivity index (χ0v) is 10.7. The molecule has 0 bridgehead atoms. The Kier molecular flexibility index (Phi) is 4.60. The van der Waals surface area contributed by atoms with E-state index in [0.29, 0.717) is 11.7 Å². The van der Waals surface area contributed by atoms with E-state index in [2.05, 4.69) is 39.8 Å². The Morgan fingerprint density at radius 2 is 1.81 bits per heavy atom. The van der Waals surface area contributed by atoms with Crippen LogP contribution in [-0.4, -0.2) is 5.11 Å². The van der Waals surface area contributed by atoms with E-state index in [0.717, 1.165) is 12.8 Å². The molecule has 0 aliphatic rings. The molecule has 1 aromatic carbocycles. The lowest BCUT2D eigenvalue weighted by molar-refractivity contribution is 0.473. The van der Waals surface area contributed by atoms with E-state index in [1.165, 1.54) is 16.7 Å². The maximum atomic E-state index is 9.53. The highest BCUT2D eigenvalue weighted by Gasteiger charge is 2.13. The van der Waals surface area contributed by atoms with Crippen molar-refractivity contribution in [3.63, 3.8) is 0 Å². The van der Waals surface area contributed by atoms with Gasteiger partial charge in [-0.25, -0.2) is 0 Å². The van der Waals surface area contributed by atoms with Crippen molar-refractivity contribution in [2.24, 2.45) is 0 Å². The minimum absolute atomic E-state index is 0.375. The molecule has 1 heteroatoms. The maximum Gasteiger partial charge on any atom is 0.116 e. The summed E-state index contributed by atoms with van der Waals surface area (Å²) in [6.45, 7) is 8.45. The van der Waals surface area contributed by atoms with Gasteiger partial charge < -0.3 is 5.11 Å². The Labute approximate surface area is 98.8 Å². The molecule has 0 fully saturated rings. The number of phenols is 1. The van der Waals surface area contributed by atoms with Gasteiger partial charge in [-0.2, -0.15) is 0 Å². The highest BCUT2D eigenvalue weighted by atomic mass is 16.3. The third kappa shape index (κ3) is 2.88. The van der Waals surface area contributed by atoms with Crippen LogP contribution in [0.5, 0.6) is 5.75 Å². The van der Waals surface area contributed by atoms with Crippen LogP contribution in [0.2, 0.25) is 0 Å². The van der Waals surface area contributed by atoms with Crippen LogP contribution < -0.4 is 0 Å². The molecule has 0 aliphatic heterocycles. The topological polar surface area (TPSA) is 20.2 Å². The zero-order chi connectivity index (χ0) is 12.1. The SMILES string of the molecule is C/C=C\CC(CC)c1c(C)cc(O)cc1C. The Morgan fingerprint density at radius 1 is 1.25 bits per heavy atom. The van der Waals surface area contributed by atoms with Crippen molar-refractivity contribution in [3.05, 3.63) is 41.0 Å². The molecular formula is C15H22O. The fourth-order valence-electron chi connectivity index (χ4n) is 2.38. The second kappa shape index (κ2) is 5.74. The van der Waals surface area contributed by atoms with Crippen molar-refractivity contribution in [2.45, 2.75) is 46.5 Å². The van der Waals surface area contributed by atoms with E-state index < -0.39 is 0 Å². The second-order valence-electron chi connectivity index (χ2n) is 4.40. The van der Waals surface area contributed by atoms with E-state index in [4.69, 9.17) is 0 Å². The molecule has 1 unspecified atom stereocenters. The number of rotatable bonds is 4. The van der Waals surface area contributed by atoms with Gasteiger partial charge in [-0.15, -0.1) is 0 Å². The minimum atomic E-state index is 0.375. The van der Waals surface area contributed by atoms with Crippen molar-refractivity contribution in [3.8, 4) is 5.75 Å². The summed E-state index contributed by atoms with van der Waals surface area (Å²) in [4.78, 5) is 0. The van der Waals surface area contributed by atoms with Gasteiger partial charge >= 0.3 is 0 Å². The number of aryl methyl sites for hydroxylation is 2. The van der Waals surface area contributed by atoms with Crippen molar-refractivity contribution >= 4 is 0 Å². The quantitative estimate of drug-likeness (QED) is 0.739. The van der Waals surface area contributed by atoms with Crippen LogP contribution in [0.25, 0.3) is 0 Å². The second-order valence-corrected chi connectivity index (χ2v) is 4.40. The van der Waals surface area contributed by atoms with E-state index in [1.54, 1.807) is 0 Å². The zero-order valence-electron chi connectivity index (χ0n) is 10.7. The molecule has 1 nitrogen and oxygen atoms in total. The summed E-state index contributed by atoms with van der Waals surface area (Å²) in [5.41, 5.74) is 3.81. The van der Waals surface area contributed by atoms with Gasteiger partial charge in [0.1, 0.15) is 5.75 Å². The Hall–Kier alpha value is -1.24. The Bertz CT molecular complexity index is 354. The summed E-state index contributed by atoms with van der Waals surface area (Å²) in [7, 11) is 0. The first-order valence-electron chi connectivity index (χ1n) is 6.01. The highest BCUT2D eigenvalue weighted by Crippen LogP contribution is 2.32. The van der Waals surface area contributed by atoms with Gasteiger partial charge in [-0.1, -0.05) is 19.1 Å².